The zero-order chi connectivity index (χ0) is 27.5. The van der Waals surface area contributed by atoms with Crippen molar-refractivity contribution in [2.24, 2.45) is 0 Å². The first-order valence-corrected chi connectivity index (χ1v) is 13.7. The van der Waals surface area contributed by atoms with Crippen LogP contribution in [0.5, 0.6) is 5.75 Å². The monoisotopic (exact) mass is 532 g/mol. The minimum absolute atomic E-state index is 0.0177. The Morgan fingerprint density at radius 2 is 1.72 bits per heavy atom. The third-order valence-corrected chi connectivity index (χ3v) is 6.95. The van der Waals surface area contributed by atoms with Gasteiger partial charge < -0.3 is 24.4 Å². The van der Waals surface area contributed by atoms with E-state index in [0.717, 1.165) is 50.3 Å². The lowest BCUT2D eigenvalue weighted by atomic mass is 10.1. The summed E-state index contributed by atoms with van der Waals surface area (Å²) in [5, 5.41) is 3.34. The van der Waals surface area contributed by atoms with Crippen LogP contribution in [0.2, 0.25) is 0 Å². The van der Waals surface area contributed by atoms with E-state index in [0.29, 0.717) is 25.5 Å². The maximum Gasteiger partial charge on any atom is 0.293 e. The van der Waals surface area contributed by atoms with Crippen LogP contribution in [0.25, 0.3) is 0 Å². The van der Waals surface area contributed by atoms with E-state index in [9.17, 15) is 9.59 Å². The molecule has 3 aromatic rings. The van der Waals surface area contributed by atoms with Gasteiger partial charge in [-0.3, -0.25) is 14.5 Å². The third kappa shape index (κ3) is 8.94. The van der Waals surface area contributed by atoms with Gasteiger partial charge in [-0.25, -0.2) is 4.98 Å². The highest BCUT2D eigenvalue weighted by Crippen LogP contribution is 2.14. The number of hydrogen-bond donors (Lipinski definition) is 1. The Hall–Kier alpha value is -3.69. The first kappa shape index (κ1) is 28.3. The van der Waals surface area contributed by atoms with Crippen molar-refractivity contribution in [1.82, 2.24) is 24.3 Å². The predicted molar refractivity (Wildman–Crippen MR) is 154 cm³/mol. The van der Waals surface area contributed by atoms with E-state index in [4.69, 9.17) is 4.74 Å². The van der Waals surface area contributed by atoms with Gasteiger partial charge in [0.05, 0.1) is 0 Å². The minimum Gasteiger partial charge on any atom is -0.492 e. The van der Waals surface area contributed by atoms with E-state index >= 15 is 0 Å². The molecule has 1 aromatic heterocycles. The maximum atomic E-state index is 13.3. The molecule has 1 aliphatic heterocycles. The quantitative estimate of drug-likeness (QED) is 0.363. The second-order valence-corrected chi connectivity index (χ2v) is 10.2. The van der Waals surface area contributed by atoms with Crippen molar-refractivity contribution in [3.05, 3.63) is 89.0 Å². The van der Waals surface area contributed by atoms with Gasteiger partial charge in [-0.05, 0) is 44.6 Å². The molecule has 0 saturated carbocycles. The Labute approximate surface area is 231 Å². The standard InChI is InChI=1S/C30H40N6O3/c1-33(2)19-20-35(23-25-9-5-3-6-10-25)28(37)24-36-18-15-31-29(30(36)38)32-26-13-16-34(17-14-26)21-22-39-27-11-7-4-8-12-27/h3-12,15,18,26H,13-14,16-17,19-24H2,1-2H3,(H,31,32). The van der Waals surface area contributed by atoms with Crippen LogP contribution < -0.4 is 15.6 Å². The first-order valence-electron chi connectivity index (χ1n) is 13.7. The lowest BCUT2D eigenvalue weighted by Gasteiger charge is -2.32. The van der Waals surface area contributed by atoms with Crippen molar-refractivity contribution in [3.63, 3.8) is 0 Å². The summed E-state index contributed by atoms with van der Waals surface area (Å²) in [7, 11) is 3.97. The van der Waals surface area contributed by atoms with Crippen molar-refractivity contribution in [3.8, 4) is 5.75 Å². The molecule has 0 atom stereocenters. The normalized spacial score (nSPS) is 14.3. The molecule has 208 valence electrons. The van der Waals surface area contributed by atoms with Gasteiger partial charge in [0.25, 0.3) is 5.56 Å². The molecule has 1 aliphatic rings. The van der Waals surface area contributed by atoms with Crippen LogP contribution in [-0.4, -0.2) is 89.6 Å². The molecule has 1 N–H and O–H groups in total. The Bertz CT molecular complexity index is 1210. The molecule has 0 aliphatic carbocycles. The highest BCUT2D eigenvalue weighted by molar-refractivity contribution is 5.76. The SMILES string of the molecule is CN(C)CCN(Cc1ccccc1)C(=O)Cn1ccnc(NC2CCN(CCOc3ccccc3)CC2)c1=O. The lowest BCUT2D eigenvalue weighted by molar-refractivity contribution is -0.132. The van der Waals surface area contributed by atoms with Gasteiger partial charge in [0.1, 0.15) is 18.9 Å². The number of benzene rings is 2. The van der Waals surface area contributed by atoms with Gasteiger partial charge in [0.15, 0.2) is 5.82 Å². The molecule has 2 aromatic carbocycles. The van der Waals surface area contributed by atoms with Gasteiger partial charge >= 0.3 is 0 Å². The van der Waals surface area contributed by atoms with Crippen LogP contribution >= 0.6 is 0 Å². The summed E-state index contributed by atoms with van der Waals surface area (Å²) in [5.41, 5.74) is 0.795. The number of nitrogens with one attached hydrogen (secondary N) is 1. The maximum absolute atomic E-state index is 13.3. The average Bonchev–Trinajstić information content (AvgIpc) is 2.95. The van der Waals surface area contributed by atoms with Crippen molar-refractivity contribution in [2.75, 3.05) is 58.7 Å². The molecule has 39 heavy (non-hydrogen) atoms. The van der Waals surface area contributed by atoms with E-state index in [1.54, 1.807) is 12.4 Å². The fraction of sp³-hybridized carbons (Fsp3) is 0.433. The zero-order valence-electron chi connectivity index (χ0n) is 23.0. The number of rotatable bonds is 13. The Morgan fingerprint density at radius 1 is 1.03 bits per heavy atom. The van der Waals surface area contributed by atoms with Crippen molar-refractivity contribution < 1.29 is 9.53 Å². The first-order chi connectivity index (χ1) is 19.0. The van der Waals surface area contributed by atoms with Gasteiger partial charge in [-0.2, -0.15) is 0 Å². The predicted octanol–water partition coefficient (Wildman–Crippen LogP) is 2.79. The molecule has 9 heteroatoms. The molecule has 0 unspecified atom stereocenters. The number of amides is 1. The summed E-state index contributed by atoms with van der Waals surface area (Å²) in [4.78, 5) is 37.0. The number of anilines is 1. The van der Waals surface area contributed by atoms with Gasteiger partial charge in [0.2, 0.25) is 5.91 Å². The Balaban J connectivity index is 1.29. The molecule has 1 fully saturated rings. The highest BCUT2D eigenvalue weighted by Gasteiger charge is 2.21. The molecule has 9 nitrogen and oxygen atoms in total. The molecule has 2 heterocycles. The van der Waals surface area contributed by atoms with Gasteiger partial charge in [0, 0.05) is 57.7 Å². The molecule has 4 rings (SSSR count). The molecule has 0 radical (unpaired) electrons. The minimum atomic E-state index is -0.267. The fourth-order valence-electron chi connectivity index (χ4n) is 4.64. The summed E-state index contributed by atoms with van der Waals surface area (Å²) >= 11 is 0. The van der Waals surface area contributed by atoms with Crippen LogP contribution in [0, 0.1) is 0 Å². The Morgan fingerprint density at radius 3 is 2.41 bits per heavy atom. The highest BCUT2D eigenvalue weighted by atomic mass is 16.5. The number of ether oxygens (including phenoxy) is 1. The summed E-state index contributed by atoms with van der Waals surface area (Å²) in [6.07, 6.45) is 5.01. The Kier molecular flexibility index (Phi) is 10.5. The number of aromatic nitrogens is 2. The molecular formula is C30H40N6O3. The van der Waals surface area contributed by atoms with Crippen LogP contribution in [0.4, 0.5) is 5.82 Å². The van der Waals surface area contributed by atoms with Crippen molar-refractivity contribution >= 4 is 11.7 Å². The molecular weight excluding hydrogens is 492 g/mol. The summed E-state index contributed by atoms with van der Waals surface area (Å²) < 4.78 is 7.28. The average molecular weight is 533 g/mol. The second-order valence-electron chi connectivity index (χ2n) is 10.2. The number of likely N-dealkylation sites (tertiary alicyclic amines) is 1. The van der Waals surface area contributed by atoms with Gasteiger partial charge in [-0.15, -0.1) is 0 Å². The third-order valence-electron chi connectivity index (χ3n) is 6.95. The largest absolute Gasteiger partial charge is 0.492 e. The van der Waals surface area contributed by atoms with E-state index < -0.39 is 0 Å². The number of carbonyl (C=O) groups is 1. The van der Waals surface area contributed by atoms with Crippen molar-refractivity contribution in [1.29, 1.82) is 0 Å². The van der Waals surface area contributed by atoms with E-state index in [2.05, 4.69) is 15.2 Å². The number of carbonyl (C=O) groups excluding carboxylic acids is 1. The second kappa shape index (κ2) is 14.5. The van der Waals surface area contributed by atoms with Crippen LogP contribution in [0.3, 0.4) is 0 Å². The summed E-state index contributed by atoms with van der Waals surface area (Å²) in [6.45, 7) is 5.19. The number of hydrogen-bond acceptors (Lipinski definition) is 7. The topological polar surface area (TPSA) is 82.9 Å². The number of para-hydroxylation sites is 1. The number of piperidine rings is 1. The van der Waals surface area contributed by atoms with Crippen LogP contribution in [-0.2, 0) is 17.9 Å². The zero-order valence-corrected chi connectivity index (χ0v) is 23.0. The molecule has 1 saturated heterocycles. The number of nitrogens with zero attached hydrogens (tertiary/aromatic N) is 5. The molecule has 0 spiro atoms. The van der Waals surface area contributed by atoms with Crippen LogP contribution in [0.15, 0.2) is 77.9 Å². The van der Waals surface area contributed by atoms with E-state index in [1.165, 1.54) is 4.57 Å². The van der Waals surface area contributed by atoms with E-state index in [-0.39, 0.29) is 24.1 Å². The lowest BCUT2D eigenvalue weighted by Crippen LogP contribution is -2.42. The van der Waals surface area contributed by atoms with Crippen LogP contribution in [0.1, 0.15) is 18.4 Å². The number of likely N-dealkylation sites (N-methyl/N-ethyl adjacent to an activating group) is 1. The van der Waals surface area contributed by atoms with E-state index in [1.807, 2.05) is 84.6 Å². The van der Waals surface area contributed by atoms with Gasteiger partial charge in [-0.1, -0.05) is 48.5 Å². The van der Waals surface area contributed by atoms with Crippen molar-refractivity contribution in [2.45, 2.75) is 32.0 Å². The summed E-state index contributed by atoms with van der Waals surface area (Å²) in [6, 6.07) is 19.9. The molecule has 0 bridgehead atoms. The smallest absolute Gasteiger partial charge is 0.293 e. The fourth-order valence-corrected chi connectivity index (χ4v) is 4.64. The molecule has 1 amide bonds. The summed E-state index contributed by atoms with van der Waals surface area (Å²) in [5.74, 6) is 1.10.